The van der Waals surface area contributed by atoms with Gasteiger partial charge in [0.1, 0.15) is 6.04 Å². The van der Waals surface area contributed by atoms with E-state index in [0.717, 1.165) is 49.1 Å². The van der Waals surface area contributed by atoms with Crippen LogP contribution in [0.2, 0.25) is 0 Å². The second-order valence-electron chi connectivity index (χ2n) is 9.38. The molecule has 7 nitrogen and oxygen atoms in total. The first-order valence-electron chi connectivity index (χ1n) is 11.0. The summed E-state index contributed by atoms with van der Waals surface area (Å²) in [6, 6.07) is 7.86. The fraction of sp³-hybridized carbons (Fsp3) is 0.565. The van der Waals surface area contributed by atoms with Crippen LogP contribution < -0.4 is 5.56 Å². The van der Waals surface area contributed by atoms with Crippen LogP contribution >= 0.6 is 0 Å². The Morgan fingerprint density at radius 3 is 2.67 bits per heavy atom. The molecule has 0 spiro atoms. The van der Waals surface area contributed by atoms with Crippen molar-refractivity contribution in [2.24, 2.45) is 5.92 Å². The minimum atomic E-state index is -0.271. The molecule has 0 saturated carbocycles. The molecule has 1 fully saturated rings. The van der Waals surface area contributed by atoms with Crippen molar-refractivity contribution in [2.45, 2.75) is 65.5 Å². The summed E-state index contributed by atoms with van der Waals surface area (Å²) in [7, 11) is 0. The smallest absolute Gasteiger partial charge is 0.253 e. The van der Waals surface area contributed by atoms with E-state index in [9.17, 15) is 4.79 Å². The number of aryl methyl sites for hydroxylation is 1. The van der Waals surface area contributed by atoms with E-state index in [4.69, 9.17) is 0 Å². The number of fused-ring (bicyclic) bond motifs is 1. The molecule has 1 saturated heterocycles. The molecule has 0 amide bonds. The minimum Gasteiger partial charge on any atom is -0.322 e. The molecule has 7 heteroatoms. The first kappa shape index (κ1) is 20.7. The van der Waals surface area contributed by atoms with Gasteiger partial charge in [0.05, 0.1) is 5.54 Å². The first-order chi connectivity index (χ1) is 14.3. The minimum absolute atomic E-state index is 0.0705. The Labute approximate surface area is 177 Å². The van der Waals surface area contributed by atoms with Crippen molar-refractivity contribution >= 4 is 10.9 Å². The maximum absolute atomic E-state index is 13.2. The van der Waals surface area contributed by atoms with Crippen molar-refractivity contribution < 1.29 is 0 Å². The molecule has 1 N–H and O–H groups in total. The van der Waals surface area contributed by atoms with Crippen LogP contribution in [0.3, 0.4) is 0 Å². The van der Waals surface area contributed by atoms with Crippen LogP contribution in [0.4, 0.5) is 0 Å². The zero-order chi connectivity index (χ0) is 21.5. The number of aromatic amines is 1. The molecule has 1 atom stereocenters. The van der Waals surface area contributed by atoms with Crippen molar-refractivity contribution in [3.8, 4) is 0 Å². The third-order valence-electron chi connectivity index (χ3n) is 6.68. The van der Waals surface area contributed by atoms with Gasteiger partial charge in [-0.3, -0.25) is 9.69 Å². The van der Waals surface area contributed by atoms with E-state index < -0.39 is 0 Å². The van der Waals surface area contributed by atoms with Crippen molar-refractivity contribution in [1.82, 2.24) is 30.1 Å². The predicted molar refractivity (Wildman–Crippen MR) is 119 cm³/mol. The van der Waals surface area contributed by atoms with Crippen molar-refractivity contribution in [1.29, 1.82) is 0 Å². The Kier molecular flexibility index (Phi) is 5.49. The van der Waals surface area contributed by atoms with E-state index in [2.05, 4.69) is 66.1 Å². The second kappa shape index (κ2) is 7.95. The third-order valence-corrected chi connectivity index (χ3v) is 6.68. The summed E-state index contributed by atoms with van der Waals surface area (Å²) in [5, 5.41) is 13.8. The highest BCUT2D eigenvalue weighted by Gasteiger charge is 2.35. The number of pyridine rings is 1. The Morgan fingerprint density at radius 2 is 1.97 bits per heavy atom. The Morgan fingerprint density at radius 1 is 1.23 bits per heavy atom. The van der Waals surface area contributed by atoms with E-state index in [1.54, 1.807) is 0 Å². The molecular formula is C23H32N6O. The number of nitrogens with zero attached hydrogens (tertiary/aromatic N) is 5. The third kappa shape index (κ3) is 3.78. The lowest BCUT2D eigenvalue weighted by molar-refractivity contribution is 0.143. The Balaban J connectivity index is 1.89. The summed E-state index contributed by atoms with van der Waals surface area (Å²) < 4.78 is 1.91. The van der Waals surface area contributed by atoms with Crippen LogP contribution in [0, 0.1) is 12.8 Å². The molecule has 0 aliphatic carbocycles. The number of piperidine rings is 1. The van der Waals surface area contributed by atoms with Gasteiger partial charge in [0.25, 0.3) is 5.56 Å². The number of rotatable bonds is 5. The van der Waals surface area contributed by atoms with Crippen LogP contribution in [0.5, 0.6) is 0 Å². The van der Waals surface area contributed by atoms with E-state index in [0.29, 0.717) is 11.5 Å². The maximum atomic E-state index is 13.2. The lowest BCUT2D eigenvalue weighted by atomic mass is 9.94. The number of tetrazole rings is 1. The highest BCUT2D eigenvalue weighted by molar-refractivity contribution is 5.79. The average Bonchev–Trinajstić information content (AvgIpc) is 3.21. The van der Waals surface area contributed by atoms with Gasteiger partial charge in [-0.2, -0.15) is 0 Å². The molecule has 1 aliphatic rings. The number of H-pyrrole nitrogens is 1. The topological polar surface area (TPSA) is 79.7 Å². The molecule has 30 heavy (non-hydrogen) atoms. The molecule has 3 heterocycles. The summed E-state index contributed by atoms with van der Waals surface area (Å²) in [6.45, 7) is 12.6. The van der Waals surface area contributed by atoms with Gasteiger partial charge in [-0.25, -0.2) is 4.68 Å². The van der Waals surface area contributed by atoms with Crippen LogP contribution in [0.25, 0.3) is 10.9 Å². The monoisotopic (exact) mass is 408 g/mol. The number of benzene rings is 1. The van der Waals surface area contributed by atoms with E-state index in [1.165, 1.54) is 5.56 Å². The molecule has 1 unspecified atom stereocenters. The fourth-order valence-corrected chi connectivity index (χ4v) is 4.28. The maximum Gasteiger partial charge on any atom is 0.253 e. The van der Waals surface area contributed by atoms with Crippen molar-refractivity contribution in [3.63, 3.8) is 0 Å². The van der Waals surface area contributed by atoms with Crippen molar-refractivity contribution in [3.05, 3.63) is 51.6 Å². The summed E-state index contributed by atoms with van der Waals surface area (Å²) in [6.07, 6.45) is 3.11. The molecule has 0 bridgehead atoms. The van der Waals surface area contributed by atoms with Crippen LogP contribution in [0.15, 0.2) is 29.1 Å². The lowest BCUT2D eigenvalue weighted by Crippen LogP contribution is -2.41. The number of hydrogen-bond acceptors (Lipinski definition) is 5. The van der Waals surface area contributed by atoms with Crippen molar-refractivity contribution in [2.75, 3.05) is 13.1 Å². The summed E-state index contributed by atoms with van der Waals surface area (Å²) in [5.41, 5.74) is 2.43. The molecule has 2 aromatic heterocycles. The standard InChI is InChI=1S/C23H32N6O/c1-6-23(4,5)29-21(25-26-27-29)20(28-11-9-15(2)10-12-28)18-14-17-13-16(3)7-8-19(17)24-22(18)30/h7-8,13-15,20H,6,9-12H2,1-5H3,(H,24,30). The normalized spacial score (nSPS) is 17.5. The summed E-state index contributed by atoms with van der Waals surface area (Å²) in [4.78, 5) is 18.7. The summed E-state index contributed by atoms with van der Waals surface area (Å²) >= 11 is 0. The second-order valence-corrected chi connectivity index (χ2v) is 9.38. The molecular weight excluding hydrogens is 376 g/mol. The molecule has 160 valence electrons. The number of aromatic nitrogens is 5. The fourth-order valence-electron chi connectivity index (χ4n) is 4.28. The zero-order valence-corrected chi connectivity index (χ0v) is 18.6. The quantitative estimate of drug-likeness (QED) is 0.695. The number of nitrogens with one attached hydrogen (secondary N) is 1. The van der Waals surface area contributed by atoms with Crippen LogP contribution in [-0.2, 0) is 5.54 Å². The SMILES string of the molecule is CCC(C)(C)n1nnnc1C(c1cc2cc(C)ccc2[nH]c1=O)N1CCC(C)CC1. The highest BCUT2D eigenvalue weighted by Crippen LogP contribution is 2.33. The van der Waals surface area contributed by atoms with Crippen LogP contribution in [-0.4, -0.2) is 43.2 Å². The van der Waals surface area contributed by atoms with Gasteiger partial charge in [-0.1, -0.05) is 25.5 Å². The van der Waals surface area contributed by atoms with Gasteiger partial charge >= 0.3 is 0 Å². The van der Waals surface area contributed by atoms with Gasteiger partial charge < -0.3 is 4.98 Å². The summed E-state index contributed by atoms with van der Waals surface area (Å²) in [5.74, 6) is 1.44. The van der Waals surface area contributed by atoms with E-state index >= 15 is 0 Å². The Hall–Kier alpha value is -2.54. The zero-order valence-electron chi connectivity index (χ0n) is 18.6. The first-order valence-corrected chi connectivity index (χ1v) is 11.0. The van der Waals surface area contributed by atoms with Gasteiger partial charge in [-0.15, -0.1) is 5.10 Å². The van der Waals surface area contributed by atoms with Crippen LogP contribution in [0.1, 0.15) is 70.0 Å². The predicted octanol–water partition coefficient (Wildman–Crippen LogP) is 3.79. The van der Waals surface area contributed by atoms with Gasteiger partial charge in [0.15, 0.2) is 5.82 Å². The van der Waals surface area contributed by atoms with E-state index in [-0.39, 0.29) is 17.1 Å². The van der Waals surface area contributed by atoms with Gasteiger partial charge in [0.2, 0.25) is 0 Å². The largest absolute Gasteiger partial charge is 0.322 e. The number of hydrogen-bond donors (Lipinski definition) is 1. The van der Waals surface area contributed by atoms with Gasteiger partial charge in [0, 0.05) is 11.1 Å². The van der Waals surface area contributed by atoms with E-state index in [1.807, 2.05) is 22.9 Å². The molecule has 3 aromatic rings. The average molecular weight is 409 g/mol. The highest BCUT2D eigenvalue weighted by atomic mass is 16.1. The molecule has 0 radical (unpaired) electrons. The molecule has 1 aromatic carbocycles. The number of likely N-dealkylation sites (tertiary alicyclic amines) is 1. The molecule has 1 aliphatic heterocycles. The lowest BCUT2D eigenvalue weighted by Gasteiger charge is -2.37. The molecule has 4 rings (SSSR count). The van der Waals surface area contributed by atoms with Gasteiger partial charge in [-0.05, 0) is 93.1 Å². The Bertz CT molecular complexity index is 1090.